The minimum absolute atomic E-state index is 0.282. The number of hydrogen-bond acceptors (Lipinski definition) is 2. The first kappa shape index (κ1) is 10.5. The van der Waals surface area contributed by atoms with Crippen LogP contribution in [0.15, 0.2) is 0 Å². The van der Waals surface area contributed by atoms with E-state index >= 15 is 0 Å². The summed E-state index contributed by atoms with van der Waals surface area (Å²) in [5.41, 5.74) is 2.00. The third kappa shape index (κ3) is 2.45. The van der Waals surface area contributed by atoms with E-state index in [0.29, 0.717) is 5.15 Å². The normalized spacial score (nSPS) is 13.3. The monoisotopic (exact) mass is 202 g/mol. The average molecular weight is 203 g/mol. The molecule has 1 heterocycles. The van der Waals surface area contributed by atoms with E-state index in [0.717, 1.165) is 24.1 Å². The molecule has 0 aliphatic rings. The van der Waals surface area contributed by atoms with Gasteiger partial charge in [0.2, 0.25) is 0 Å². The SMILES string of the molecule is Cc1nn(C)c(Cl)c1CCC(C)O. The van der Waals surface area contributed by atoms with E-state index in [4.69, 9.17) is 16.7 Å². The van der Waals surface area contributed by atoms with Crippen LogP contribution in [0.5, 0.6) is 0 Å². The highest BCUT2D eigenvalue weighted by Gasteiger charge is 2.11. The van der Waals surface area contributed by atoms with Gasteiger partial charge in [-0.25, -0.2) is 0 Å². The van der Waals surface area contributed by atoms with E-state index in [1.54, 1.807) is 11.6 Å². The van der Waals surface area contributed by atoms with Gasteiger partial charge in [0.15, 0.2) is 0 Å². The molecule has 0 saturated heterocycles. The van der Waals surface area contributed by atoms with Gasteiger partial charge < -0.3 is 5.11 Å². The van der Waals surface area contributed by atoms with Gasteiger partial charge in [-0.2, -0.15) is 5.10 Å². The molecule has 0 bridgehead atoms. The standard InChI is InChI=1S/C9H15ClN2O/c1-6(13)4-5-8-7(2)11-12(3)9(8)10/h6,13H,4-5H2,1-3H3. The zero-order valence-corrected chi connectivity index (χ0v) is 8.97. The van der Waals surface area contributed by atoms with Crippen molar-refractivity contribution >= 4 is 11.6 Å². The van der Waals surface area contributed by atoms with E-state index < -0.39 is 0 Å². The van der Waals surface area contributed by atoms with Gasteiger partial charge in [-0.3, -0.25) is 4.68 Å². The van der Waals surface area contributed by atoms with Crippen molar-refractivity contribution in [1.29, 1.82) is 0 Å². The Bertz CT molecular complexity index is 294. The first-order valence-electron chi connectivity index (χ1n) is 4.38. The van der Waals surface area contributed by atoms with Gasteiger partial charge >= 0.3 is 0 Å². The lowest BCUT2D eigenvalue weighted by atomic mass is 10.1. The molecular weight excluding hydrogens is 188 g/mol. The molecule has 3 nitrogen and oxygen atoms in total. The molecule has 1 aromatic rings. The Kier molecular flexibility index (Phi) is 3.33. The summed E-state index contributed by atoms with van der Waals surface area (Å²) in [5, 5.41) is 14.0. The molecule has 1 N–H and O–H groups in total. The zero-order valence-electron chi connectivity index (χ0n) is 8.21. The van der Waals surface area contributed by atoms with Crippen LogP contribution in [0.4, 0.5) is 0 Å². The van der Waals surface area contributed by atoms with Crippen molar-refractivity contribution in [1.82, 2.24) is 9.78 Å². The maximum atomic E-state index is 9.13. The molecule has 1 unspecified atom stereocenters. The summed E-state index contributed by atoms with van der Waals surface area (Å²) in [6.07, 6.45) is 1.23. The summed E-state index contributed by atoms with van der Waals surface area (Å²) in [5.74, 6) is 0. The predicted octanol–water partition coefficient (Wildman–Crippen LogP) is 1.70. The highest BCUT2D eigenvalue weighted by atomic mass is 35.5. The molecule has 1 atom stereocenters. The Labute approximate surface area is 83.3 Å². The van der Waals surface area contributed by atoms with Crippen LogP contribution in [0.3, 0.4) is 0 Å². The third-order valence-electron chi connectivity index (χ3n) is 2.08. The first-order chi connectivity index (χ1) is 6.02. The van der Waals surface area contributed by atoms with Crippen molar-refractivity contribution in [3.05, 3.63) is 16.4 Å². The van der Waals surface area contributed by atoms with Gasteiger partial charge in [-0.15, -0.1) is 0 Å². The molecule has 0 fully saturated rings. The number of aromatic nitrogens is 2. The Morgan fingerprint density at radius 2 is 2.23 bits per heavy atom. The molecule has 0 spiro atoms. The van der Waals surface area contributed by atoms with Crippen molar-refractivity contribution in [3.8, 4) is 0 Å². The average Bonchev–Trinajstić information content (AvgIpc) is 2.24. The lowest BCUT2D eigenvalue weighted by Crippen LogP contribution is -2.02. The minimum Gasteiger partial charge on any atom is -0.393 e. The van der Waals surface area contributed by atoms with E-state index in [-0.39, 0.29) is 6.10 Å². The fourth-order valence-electron chi connectivity index (χ4n) is 1.31. The van der Waals surface area contributed by atoms with Crippen molar-refractivity contribution in [3.63, 3.8) is 0 Å². The van der Waals surface area contributed by atoms with Gasteiger partial charge in [-0.1, -0.05) is 11.6 Å². The fourth-order valence-corrected chi connectivity index (χ4v) is 1.58. The third-order valence-corrected chi connectivity index (χ3v) is 2.55. The summed E-state index contributed by atoms with van der Waals surface area (Å²) < 4.78 is 1.66. The number of halogens is 1. The fraction of sp³-hybridized carbons (Fsp3) is 0.667. The molecule has 0 saturated carbocycles. The molecule has 74 valence electrons. The van der Waals surface area contributed by atoms with E-state index in [1.165, 1.54) is 0 Å². The van der Waals surface area contributed by atoms with Crippen LogP contribution in [0.1, 0.15) is 24.6 Å². The molecule has 0 amide bonds. The maximum absolute atomic E-state index is 9.13. The molecule has 1 aromatic heterocycles. The molecule has 1 rings (SSSR count). The molecule has 4 heteroatoms. The van der Waals surface area contributed by atoms with Crippen LogP contribution in [0, 0.1) is 6.92 Å². The smallest absolute Gasteiger partial charge is 0.130 e. The topological polar surface area (TPSA) is 38.0 Å². The summed E-state index contributed by atoms with van der Waals surface area (Å²) >= 11 is 6.02. The van der Waals surface area contributed by atoms with Crippen LogP contribution >= 0.6 is 11.6 Å². The highest BCUT2D eigenvalue weighted by molar-refractivity contribution is 6.30. The summed E-state index contributed by atoms with van der Waals surface area (Å²) in [7, 11) is 1.82. The maximum Gasteiger partial charge on any atom is 0.130 e. The summed E-state index contributed by atoms with van der Waals surface area (Å²) in [6, 6.07) is 0. The molecule has 13 heavy (non-hydrogen) atoms. The van der Waals surface area contributed by atoms with Gasteiger partial charge in [0, 0.05) is 12.6 Å². The van der Waals surface area contributed by atoms with E-state index in [9.17, 15) is 0 Å². The van der Waals surface area contributed by atoms with Crippen LogP contribution in [0.25, 0.3) is 0 Å². The van der Waals surface area contributed by atoms with Crippen LogP contribution < -0.4 is 0 Å². The Balaban J connectivity index is 2.76. The van der Waals surface area contributed by atoms with Gasteiger partial charge in [0.05, 0.1) is 11.8 Å². The predicted molar refractivity (Wildman–Crippen MR) is 53.0 cm³/mol. The number of aliphatic hydroxyl groups excluding tert-OH is 1. The van der Waals surface area contributed by atoms with Crippen molar-refractivity contribution in [2.45, 2.75) is 32.8 Å². The van der Waals surface area contributed by atoms with Crippen LogP contribution in [0.2, 0.25) is 5.15 Å². The number of rotatable bonds is 3. The van der Waals surface area contributed by atoms with E-state index in [2.05, 4.69) is 5.10 Å². The van der Waals surface area contributed by atoms with Crippen LogP contribution in [-0.2, 0) is 13.5 Å². The largest absolute Gasteiger partial charge is 0.393 e. The highest BCUT2D eigenvalue weighted by Crippen LogP contribution is 2.20. The number of nitrogens with zero attached hydrogens (tertiary/aromatic N) is 2. The number of aryl methyl sites for hydroxylation is 2. The van der Waals surface area contributed by atoms with Crippen molar-refractivity contribution in [2.24, 2.45) is 7.05 Å². The Hall–Kier alpha value is -0.540. The Morgan fingerprint density at radius 1 is 1.62 bits per heavy atom. The van der Waals surface area contributed by atoms with Gasteiger partial charge in [0.1, 0.15) is 5.15 Å². The first-order valence-corrected chi connectivity index (χ1v) is 4.76. The van der Waals surface area contributed by atoms with Crippen molar-refractivity contribution < 1.29 is 5.11 Å². The molecule has 0 aromatic carbocycles. The van der Waals surface area contributed by atoms with Gasteiger partial charge in [0.25, 0.3) is 0 Å². The lowest BCUT2D eigenvalue weighted by Gasteiger charge is -2.03. The molecule has 0 radical (unpaired) electrons. The minimum atomic E-state index is -0.282. The molecular formula is C9H15ClN2O. The zero-order chi connectivity index (χ0) is 10.0. The molecule has 0 aliphatic carbocycles. The summed E-state index contributed by atoms with van der Waals surface area (Å²) in [4.78, 5) is 0. The number of aliphatic hydroxyl groups is 1. The second kappa shape index (κ2) is 4.11. The van der Waals surface area contributed by atoms with E-state index in [1.807, 2.05) is 14.0 Å². The Morgan fingerprint density at radius 3 is 2.62 bits per heavy atom. The second-order valence-electron chi connectivity index (χ2n) is 3.37. The lowest BCUT2D eigenvalue weighted by molar-refractivity contribution is 0.185. The molecule has 0 aliphatic heterocycles. The van der Waals surface area contributed by atoms with Crippen molar-refractivity contribution in [2.75, 3.05) is 0 Å². The second-order valence-corrected chi connectivity index (χ2v) is 3.72. The number of hydrogen-bond donors (Lipinski definition) is 1. The van der Waals surface area contributed by atoms with Crippen LogP contribution in [-0.4, -0.2) is 21.0 Å². The van der Waals surface area contributed by atoms with Gasteiger partial charge in [-0.05, 0) is 26.7 Å². The summed E-state index contributed by atoms with van der Waals surface area (Å²) in [6.45, 7) is 3.71. The quantitative estimate of drug-likeness (QED) is 0.810.